The van der Waals surface area contributed by atoms with Crippen LogP contribution in [0.4, 0.5) is 11.8 Å². The molecular weight excluding hydrogens is 394 g/mol. The van der Waals surface area contributed by atoms with E-state index in [1.807, 2.05) is 4.90 Å². The number of likely N-dealkylation sites (N-methyl/N-ethyl adjacent to an activating group) is 1. The first-order chi connectivity index (χ1) is 14.9. The normalized spacial score (nSPS) is 22.6. The summed E-state index contributed by atoms with van der Waals surface area (Å²) in [5, 5.41) is 0. The van der Waals surface area contributed by atoms with Crippen molar-refractivity contribution in [3.8, 4) is 0 Å². The number of carbonyl (C=O) groups is 1. The lowest BCUT2D eigenvalue weighted by atomic mass is 9.96. The van der Waals surface area contributed by atoms with Gasteiger partial charge in [0.1, 0.15) is 11.9 Å². The number of aliphatic imine (C=N–C) groups is 1. The Hall–Kier alpha value is -2.68. The number of nitrogens with zero attached hydrogens (tertiary/aromatic N) is 5. The molecule has 0 bridgehead atoms. The molecule has 0 saturated carbocycles. The number of amides is 1. The van der Waals surface area contributed by atoms with Gasteiger partial charge in [-0.05, 0) is 51.0 Å². The van der Waals surface area contributed by atoms with Crippen LogP contribution in [0.5, 0.6) is 0 Å². The topological polar surface area (TPSA) is 123 Å². The molecule has 0 spiro atoms. The maximum atomic E-state index is 12.6. The van der Waals surface area contributed by atoms with Crippen LogP contribution in [0.25, 0.3) is 0 Å². The van der Waals surface area contributed by atoms with E-state index in [1.165, 1.54) is 0 Å². The van der Waals surface area contributed by atoms with E-state index in [1.54, 1.807) is 25.1 Å². The van der Waals surface area contributed by atoms with E-state index in [-0.39, 0.29) is 17.9 Å². The number of nitrogens with two attached hydrogens (primary N) is 2. The lowest BCUT2D eigenvalue weighted by molar-refractivity contribution is -0.129. The van der Waals surface area contributed by atoms with Gasteiger partial charge in [0.15, 0.2) is 5.82 Å². The molecule has 2 aliphatic heterocycles. The molecule has 1 atom stereocenters. The van der Waals surface area contributed by atoms with Crippen LogP contribution in [0, 0.1) is 5.92 Å². The number of allylic oxidation sites excluding steroid dienone is 1. The quantitative estimate of drug-likeness (QED) is 0.536. The molecule has 9 nitrogen and oxygen atoms in total. The Kier molecular flexibility index (Phi) is 6.41. The number of hydrogen-bond donors (Lipinski definition) is 2. The van der Waals surface area contributed by atoms with Gasteiger partial charge in [-0.2, -0.15) is 4.98 Å². The van der Waals surface area contributed by atoms with Crippen LogP contribution >= 0.6 is 0 Å². The molecule has 31 heavy (non-hydrogen) atoms. The lowest BCUT2D eigenvalue weighted by Gasteiger charge is -2.26. The van der Waals surface area contributed by atoms with Crippen molar-refractivity contribution in [3.05, 3.63) is 23.0 Å². The van der Waals surface area contributed by atoms with Crippen molar-refractivity contribution in [1.82, 2.24) is 14.9 Å². The average molecular weight is 428 g/mol. The van der Waals surface area contributed by atoms with Gasteiger partial charge < -0.3 is 26.0 Å². The Morgan fingerprint density at radius 2 is 1.94 bits per heavy atom. The van der Waals surface area contributed by atoms with E-state index in [9.17, 15) is 4.79 Å². The van der Waals surface area contributed by atoms with Crippen molar-refractivity contribution in [2.75, 3.05) is 38.8 Å². The molecule has 0 radical (unpaired) electrons. The Morgan fingerprint density at radius 1 is 1.16 bits per heavy atom. The number of hydrogen-bond acceptors (Lipinski definition) is 7. The van der Waals surface area contributed by atoms with Gasteiger partial charge >= 0.3 is 0 Å². The molecule has 9 heteroatoms. The molecule has 1 unspecified atom stereocenters. The molecule has 1 aromatic rings. The minimum atomic E-state index is -0.229. The van der Waals surface area contributed by atoms with E-state index in [4.69, 9.17) is 26.2 Å². The zero-order chi connectivity index (χ0) is 22.0. The highest BCUT2D eigenvalue weighted by Gasteiger charge is 2.34. The third-order valence-electron chi connectivity index (χ3n) is 6.38. The highest BCUT2D eigenvalue weighted by molar-refractivity contribution is 5.94. The first-order valence-corrected chi connectivity index (χ1v) is 11.2. The molecule has 2 saturated heterocycles. The summed E-state index contributed by atoms with van der Waals surface area (Å²) in [6.45, 7) is 2.21. The molecule has 168 valence electrons. The number of ether oxygens (including phenoxy) is 1. The second-order valence-corrected chi connectivity index (χ2v) is 8.78. The molecule has 1 aromatic heterocycles. The van der Waals surface area contributed by atoms with Gasteiger partial charge in [0.25, 0.3) is 0 Å². The standard InChI is InChI=1S/C22H33N7O2/c1-28(2)21(30)18-7-4-10-29(18)22-25-17-6-3-5-15(17)20(27-22)26-19(24)13-16(23)14-8-11-31-12-9-14/h13-14,18H,3-12,23H2,1-2H3,(H2,24,25,26,27)/b16-13-. The highest BCUT2D eigenvalue weighted by atomic mass is 16.5. The number of amidine groups is 1. The van der Waals surface area contributed by atoms with Gasteiger partial charge in [-0.25, -0.2) is 9.98 Å². The number of anilines is 1. The summed E-state index contributed by atoms with van der Waals surface area (Å²) < 4.78 is 5.41. The monoisotopic (exact) mass is 427 g/mol. The molecule has 4 rings (SSSR count). The van der Waals surface area contributed by atoms with Crippen LogP contribution in [-0.2, 0) is 22.4 Å². The van der Waals surface area contributed by atoms with Crippen molar-refractivity contribution in [2.24, 2.45) is 22.4 Å². The van der Waals surface area contributed by atoms with Crippen LogP contribution in [0.1, 0.15) is 43.4 Å². The van der Waals surface area contributed by atoms with Crippen LogP contribution in [0.2, 0.25) is 0 Å². The minimum Gasteiger partial charge on any atom is -0.402 e. The largest absolute Gasteiger partial charge is 0.402 e. The molecule has 3 aliphatic rings. The molecular formula is C22H33N7O2. The Morgan fingerprint density at radius 3 is 2.68 bits per heavy atom. The van der Waals surface area contributed by atoms with Crippen molar-refractivity contribution < 1.29 is 9.53 Å². The SMILES string of the molecule is CN(C)C(=O)C1CCCN1c1nc2c(c(N=C(N)/C=C(\N)C3CCOCC3)n1)CCC2. The van der Waals surface area contributed by atoms with Gasteiger partial charge in [0.2, 0.25) is 11.9 Å². The van der Waals surface area contributed by atoms with E-state index in [2.05, 4.69) is 4.99 Å². The fourth-order valence-corrected chi connectivity index (χ4v) is 4.66. The van der Waals surface area contributed by atoms with Crippen molar-refractivity contribution >= 4 is 23.5 Å². The summed E-state index contributed by atoms with van der Waals surface area (Å²) in [7, 11) is 3.57. The van der Waals surface area contributed by atoms with Gasteiger partial charge in [-0.15, -0.1) is 0 Å². The third kappa shape index (κ3) is 4.66. The van der Waals surface area contributed by atoms with Crippen molar-refractivity contribution in [3.63, 3.8) is 0 Å². The minimum absolute atomic E-state index is 0.0818. The van der Waals surface area contributed by atoms with Crippen molar-refractivity contribution in [1.29, 1.82) is 0 Å². The first kappa shape index (κ1) is 21.5. The maximum Gasteiger partial charge on any atom is 0.244 e. The molecule has 1 amide bonds. The number of aryl methyl sites for hydroxylation is 1. The highest BCUT2D eigenvalue weighted by Crippen LogP contribution is 2.33. The van der Waals surface area contributed by atoms with E-state index in [0.717, 1.165) is 81.7 Å². The summed E-state index contributed by atoms with van der Waals surface area (Å²) in [5.74, 6) is 1.89. The van der Waals surface area contributed by atoms with Gasteiger partial charge in [0.05, 0.1) is 5.69 Å². The smallest absolute Gasteiger partial charge is 0.244 e. The lowest BCUT2D eigenvalue weighted by Crippen LogP contribution is -2.43. The van der Waals surface area contributed by atoms with E-state index < -0.39 is 0 Å². The van der Waals surface area contributed by atoms with Crippen LogP contribution in [0.3, 0.4) is 0 Å². The molecule has 0 aromatic carbocycles. The molecule has 4 N–H and O–H groups in total. The summed E-state index contributed by atoms with van der Waals surface area (Å²) in [4.78, 5) is 30.5. The van der Waals surface area contributed by atoms with E-state index in [0.29, 0.717) is 17.6 Å². The Labute approximate surface area is 183 Å². The molecule has 3 heterocycles. The number of carbonyl (C=O) groups excluding carboxylic acids is 1. The number of fused-ring (bicyclic) bond motifs is 1. The van der Waals surface area contributed by atoms with Crippen LogP contribution < -0.4 is 16.4 Å². The number of aromatic nitrogens is 2. The number of rotatable bonds is 5. The second-order valence-electron chi connectivity index (χ2n) is 8.78. The maximum absolute atomic E-state index is 12.6. The fourth-order valence-electron chi connectivity index (χ4n) is 4.66. The summed E-state index contributed by atoms with van der Waals surface area (Å²) in [6.07, 6.45) is 8.12. The molecule has 1 aliphatic carbocycles. The Balaban J connectivity index is 1.63. The van der Waals surface area contributed by atoms with Gasteiger partial charge in [0, 0.05) is 51.0 Å². The first-order valence-electron chi connectivity index (χ1n) is 11.2. The van der Waals surface area contributed by atoms with Gasteiger partial charge in [-0.1, -0.05) is 0 Å². The predicted molar refractivity (Wildman–Crippen MR) is 120 cm³/mol. The zero-order valence-corrected chi connectivity index (χ0v) is 18.5. The molecule has 2 fully saturated rings. The zero-order valence-electron chi connectivity index (χ0n) is 18.5. The van der Waals surface area contributed by atoms with Crippen LogP contribution in [-0.4, -0.2) is 66.5 Å². The van der Waals surface area contributed by atoms with Gasteiger partial charge in [-0.3, -0.25) is 4.79 Å². The van der Waals surface area contributed by atoms with E-state index >= 15 is 0 Å². The fraction of sp³-hybridized carbons (Fsp3) is 0.636. The summed E-state index contributed by atoms with van der Waals surface area (Å²) in [6, 6.07) is -0.229. The third-order valence-corrected chi connectivity index (χ3v) is 6.38. The summed E-state index contributed by atoms with van der Waals surface area (Å²) >= 11 is 0. The summed E-state index contributed by atoms with van der Waals surface area (Å²) in [5.41, 5.74) is 15.4. The predicted octanol–water partition coefficient (Wildman–Crippen LogP) is 1.28. The van der Waals surface area contributed by atoms with Crippen molar-refractivity contribution in [2.45, 2.75) is 51.0 Å². The van der Waals surface area contributed by atoms with Crippen LogP contribution in [0.15, 0.2) is 16.8 Å². The Bertz CT molecular complexity index is 890. The second kappa shape index (κ2) is 9.21. The average Bonchev–Trinajstić information content (AvgIpc) is 3.43.